The van der Waals surface area contributed by atoms with Gasteiger partial charge in [0.05, 0.1) is 7.11 Å². The first-order valence-corrected chi connectivity index (χ1v) is 7.79. The molecule has 1 aliphatic rings. The summed E-state index contributed by atoms with van der Waals surface area (Å²) < 4.78 is 5.24. The van der Waals surface area contributed by atoms with Gasteiger partial charge in [0, 0.05) is 12.6 Å². The number of hydrogen-bond acceptors (Lipinski definition) is 3. The molecule has 0 amide bonds. The van der Waals surface area contributed by atoms with Crippen molar-refractivity contribution >= 4 is 0 Å². The van der Waals surface area contributed by atoms with Crippen LogP contribution in [0.5, 0.6) is 5.75 Å². The fraction of sp³-hybridized carbons (Fsp3) is 0.647. The van der Waals surface area contributed by atoms with Gasteiger partial charge in [-0.2, -0.15) is 0 Å². The zero-order chi connectivity index (χ0) is 14.4. The number of rotatable bonds is 6. The molecule has 112 valence electrons. The predicted octanol–water partition coefficient (Wildman–Crippen LogP) is 3.08. The minimum absolute atomic E-state index is 0.510. The van der Waals surface area contributed by atoms with E-state index in [4.69, 9.17) is 4.74 Å². The van der Waals surface area contributed by atoms with Crippen molar-refractivity contribution in [3.8, 4) is 5.75 Å². The molecule has 0 radical (unpaired) electrons. The van der Waals surface area contributed by atoms with E-state index in [0.29, 0.717) is 6.04 Å². The molecule has 3 heteroatoms. The molecule has 1 atom stereocenters. The van der Waals surface area contributed by atoms with E-state index in [2.05, 4.69) is 48.5 Å². The fourth-order valence-corrected chi connectivity index (χ4v) is 3.23. The minimum Gasteiger partial charge on any atom is -0.497 e. The molecule has 0 aromatic heterocycles. The third-order valence-electron chi connectivity index (χ3n) is 4.42. The Morgan fingerprint density at radius 2 is 1.90 bits per heavy atom. The Balaban J connectivity index is 1.98. The lowest BCUT2D eigenvalue weighted by atomic mass is 9.95. The molecule has 1 fully saturated rings. The number of methoxy groups -OCH3 is 1. The van der Waals surface area contributed by atoms with Crippen molar-refractivity contribution < 1.29 is 4.74 Å². The van der Waals surface area contributed by atoms with Crippen LogP contribution >= 0.6 is 0 Å². The topological polar surface area (TPSA) is 24.5 Å². The summed E-state index contributed by atoms with van der Waals surface area (Å²) >= 11 is 0. The molecule has 1 unspecified atom stereocenters. The van der Waals surface area contributed by atoms with E-state index in [0.717, 1.165) is 18.1 Å². The lowest BCUT2D eigenvalue weighted by molar-refractivity contribution is 0.182. The SMILES string of the molecule is CCC(c1ccc(OC)cc1)N(C)CC1CCNCC1. The van der Waals surface area contributed by atoms with E-state index in [1.807, 2.05) is 0 Å². The van der Waals surface area contributed by atoms with Gasteiger partial charge in [-0.3, -0.25) is 4.90 Å². The maximum Gasteiger partial charge on any atom is 0.118 e. The van der Waals surface area contributed by atoms with Crippen LogP contribution in [-0.2, 0) is 0 Å². The molecule has 1 aromatic rings. The van der Waals surface area contributed by atoms with Crippen LogP contribution in [0, 0.1) is 5.92 Å². The van der Waals surface area contributed by atoms with Crippen molar-refractivity contribution in [3.63, 3.8) is 0 Å². The van der Waals surface area contributed by atoms with E-state index in [1.165, 1.54) is 38.0 Å². The molecule has 1 heterocycles. The van der Waals surface area contributed by atoms with Gasteiger partial charge in [0.2, 0.25) is 0 Å². The molecule has 2 rings (SSSR count). The van der Waals surface area contributed by atoms with Gasteiger partial charge in [0.15, 0.2) is 0 Å². The van der Waals surface area contributed by atoms with Gasteiger partial charge in [-0.05, 0) is 63.0 Å². The van der Waals surface area contributed by atoms with Crippen LogP contribution in [0.4, 0.5) is 0 Å². The minimum atomic E-state index is 0.510. The lowest BCUT2D eigenvalue weighted by Gasteiger charge is -2.33. The molecule has 20 heavy (non-hydrogen) atoms. The van der Waals surface area contributed by atoms with Gasteiger partial charge in [0.1, 0.15) is 5.75 Å². The summed E-state index contributed by atoms with van der Waals surface area (Å²) in [5, 5.41) is 3.44. The van der Waals surface area contributed by atoms with E-state index >= 15 is 0 Å². The zero-order valence-electron chi connectivity index (χ0n) is 13.1. The molecule has 0 saturated carbocycles. The molecule has 0 bridgehead atoms. The number of benzene rings is 1. The number of piperidine rings is 1. The van der Waals surface area contributed by atoms with E-state index in [1.54, 1.807) is 7.11 Å². The lowest BCUT2D eigenvalue weighted by Crippen LogP contribution is -2.36. The molecule has 0 spiro atoms. The van der Waals surface area contributed by atoms with Crippen LogP contribution in [0.2, 0.25) is 0 Å². The van der Waals surface area contributed by atoms with Crippen molar-refractivity contribution in [2.24, 2.45) is 5.92 Å². The molecule has 1 saturated heterocycles. The van der Waals surface area contributed by atoms with Crippen molar-refractivity contribution in [2.75, 3.05) is 33.8 Å². The van der Waals surface area contributed by atoms with Gasteiger partial charge in [0.25, 0.3) is 0 Å². The third kappa shape index (κ3) is 3.97. The van der Waals surface area contributed by atoms with Gasteiger partial charge in [-0.1, -0.05) is 19.1 Å². The molecule has 1 aromatic carbocycles. The second-order valence-corrected chi connectivity index (χ2v) is 5.83. The van der Waals surface area contributed by atoms with Gasteiger partial charge < -0.3 is 10.1 Å². The smallest absolute Gasteiger partial charge is 0.118 e. The number of hydrogen-bond donors (Lipinski definition) is 1. The van der Waals surface area contributed by atoms with Crippen LogP contribution in [0.3, 0.4) is 0 Å². The Kier molecular flexibility index (Phi) is 5.86. The van der Waals surface area contributed by atoms with Gasteiger partial charge in [-0.25, -0.2) is 0 Å². The average molecular weight is 276 g/mol. The standard InChI is InChI=1S/C17H28N2O/c1-4-17(15-5-7-16(20-3)8-6-15)19(2)13-14-9-11-18-12-10-14/h5-8,14,17-18H,4,9-13H2,1-3H3. The molecule has 1 aliphatic heterocycles. The third-order valence-corrected chi connectivity index (χ3v) is 4.42. The van der Waals surface area contributed by atoms with E-state index in [-0.39, 0.29) is 0 Å². The second-order valence-electron chi connectivity index (χ2n) is 5.83. The molecule has 3 nitrogen and oxygen atoms in total. The molecule has 1 N–H and O–H groups in total. The first-order valence-electron chi connectivity index (χ1n) is 7.79. The summed E-state index contributed by atoms with van der Waals surface area (Å²) in [6.45, 7) is 5.83. The highest BCUT2D eigenvalue weighted by atomic mass is 16.5. The van der Waals surface area contributed by atoms with E-state index in [9.17, 15) is 0 Å². The highest BCUT2D eigenvalue weighted by Crippen LogP contribution is 2.26. The monoisotopic (exact) mass is 276 g/mol. The quantitative estimate of drug-likeness (QED) is 0.864. The first-order chi connectivity index (χ1) is 9.74. The predicted molar refractivity (Wildman–Crippen MR) is 84.2 cm³/mol. The summed E-state index contributed by atoms with van der Waals surface area (Å²) in [6.07, 6.45) is 3.76. The van der Waals surface area contributed by atoms with Crippen LogP contribution in [-0.4, -0.2) is 38.7 Å². The Morgan fingerprint density at radius 1 is 1.25 bits per heavy atom. The Morgan fingerprint density at radius 3 is 2.45 bits per heavy atom. The normalized spacial score (nSPS) is 18.2. The Labute approximate surface area is 123 Å². The summed E-state index contributed by atoms with van der Waals surface area (Å²) in [6, 6.07) is 9.04. The highest BCUT2D eigenvalue weighted by Gasteiger charge is 2.20. The fourth-order valence-electron chi connectivity index (χ4n) is 3.23. The summed E-state index contributed by atoms with van der Waals surface area (Å²) in [5.74, 6) is 1.78. The second kappa shape index (κ2) is 7.65. The van der Waals surface area contributed by atoms with Crippen LogP contribution < -0.4 is 10.1 Å². The molecular weight excluding hydrogens is 248 g/mol. The number of ether oxygens (including phenoxy) is 1. The van der Waals surface area contributed by atoms with Crippen LogP contribution in [0.1, 0.15) is 37.8 Å². The molecule has 0 aliphatic carbocycles. The first kappa shape index (κ1) is 15.3. The van der Waals surface area contributed by atoms with Crippen molar-refractivity contribution in [3.05, 3.63) is 29.8 Å². The summed E-state index contributed by atoms with van der Waals surface area (Å²) in [4.78, 5) is 2.53. The van der Waals surface area contributed by atoms with Crippen molar-refractivity contribution in [2.45, 2.75) is 32.2 Å². The number of nitrogens with one attached hydrogen (secondary N) is 1. The Bertz CT molecular complexity index is 384. The average Bonchev–Trinajstić information content (AvgIpc) is 2.49. The van der Waals surface area contributed by atoms with Crippen LogP contribution in [0.25, 0.3) is 0 Å². The maximum absolute atomic E-state index is 5.24. The number of nitrogens with zero attached hydrogens (tertiary/aromatic N) is 1. The highest BCUT2D eigenvalue weighted by molar-refractivity contribution is 5.29. The van der Waals surface area contributed by atoms with Crippen LogP contribution in [0.15, 0.2) is 24.3 Å². The summed E-state index contributed by atoms with van der Waals surface area (Å²) in [5.41, 5.74) is 1.39. The molecular formula is C17H28N2O. The van der Waals surface area contributed by atoms with Gasteiger partial charge >= 0.3 is 0 Å². The van der Waals surface area contributed by atoms with Gasteiger partial charge in [-0.15, -0.1) is 0 Å². The maximum atomic E-state index is 5.24. The summed E-state index contributed by atoms with van der Waals surface area (Å²) in [7, 11) is 3.98. The largest absolute Gasteiger partial charge is 0.497 e. The van der Waals surface area contributed by atoms with Crippen molar-refractivity contribution in [1.82, 2.24) is 10.2 Å². The van der Waals surface area contributed by atoms with Crippen molar-refractivity contribution in [1.29, 1.82) is 0 Å². The van der Waals surface area contributed by atoms with E-state index < -0.39 is 0 Å². The Hall–Kier alpha value is -1.06. The zero-order valence-corrected chi connectivity index (χ0v) is 13.1.